The Kier molecular flexibility index (Phi) is 8.09. The molecule has 2 heterocycles. The molecule has 29 heavy (non-hydrogen) atoms. The number of piperazine rings is 1. The molecule has 0 aliphatic carbocycles. The van der Waals surface area contributed by atoms with Crippen molar-refractivity contribution < 1.29 is 36.2 Å². The van der Waals surface area contributed by atoms with Crippen molar-refractivity contribution in [1.29, 1.82) is 0 Å². The van der Waals surface area contributed by atoms with Crippen LogP contribution >= 0.6 is 0 Å². The molecule has 1 saturated heterocycles. The second-order valence-corrected chi connectivity index (χ2v) is 6.85. The minimum atomic E-state index is -5.08. The zero-order valence-electron chi connectivity index (χ0n) is 15.8. The highest BCUT2D eigenvalue weighted by Gasteiger charge is 2.38. The topological polar surface area (TPSA) is 104 Å². The maximum atomic E-state index is 13.4. The zero-order chi connectivity index (χ0) is 22.5. The summed E-state index contributed by atoms with van der Waals surface area (Å²) in [6.07, 6.45) is -8.10. The van der Waals surface area contributed by atoms with E-state index in [0.717, 1.165) is 6.07 Å². The van der Waals surface area contributed by atoms with Gasteiger partial charge in [-0.2, -0.15) is 26.3 Å². The summed E-state index contributed by atoms with van der Waals surface area (Å²) < 4.78 is 71.8. The van der Waals surface area contributed by atoms with Crippen molar-refractivity contribution >= 4 is 17.5 Å². The molecule has 0 saturated carbocycles. The van der Waals surface area contributed by atoms with Crippen molar-refractivity contribution in [1.82, 2.24) is 10.3 Å². The van der Waals surface area contributed by atoms with Gasteiger partial charge in [-0.1, -0.05) is 0 Å². The third kappa shape index (κ3) is 7.93. The number of carboxylic acid groups (broad SMARTS) is 1. The molecule has 0 amide bonds. The number of aromatic nitrogens is 1. The highest BCUT2D eigenvalue weighted by atomic mass is 19.4. The average molecular weight is 431 g/mol. The second kappa shape index (κ2) is 9.48. The third-order valence-corrected chi connectivity index (χ3v) is 3.82. The summed E-state index contributed by atoms with van der Waals surface area (Å²) in [6.45, 7) is 6.27. The summed E-state index contributed by atoms with van der Waals surface area (Å²) >= 11 is 0. The largest absolute Gasteiger partial charge is 0.490 e. The number of nitrogens with zero attached hydrogens (tertiary/aromatic N) is 2. The molecule has 7 nitrogen and oxygen atoms in total. The lowest BCUT2D eigenvalue weighted by atomic mass is 10.1. The first-order valence-electron chi connectivity index (χ1n) is 8.48. The third-order valence-electron chi connectivity index (χ3n) is 3.82. The molecule has 0 atom stereocenters. The number of rotatable bonds is 4. The number of nitrogens with one attached hydrogen (secondary N) is 2. The van der Waals surface area contributed by atoms with Gasteiger partial charge in [0.15, 0.2) is 0 Å². The van der Waals surface area contributed by atoms with Gasteiger partial charge in [0.05, 0.1) is 11.9 Å². The predicted molar refractivity (Wildman–Crippen MR) is 94.8 cm³/mol. The van der Waals surface area contributed by atoms with Crippen LogP contribution in [0.3, 0.4) is 0 Å². The van der Waals surface area contributed by atoms with Gasteiger partial charge < -0.3 is 26.4 Å². The lowest BCUT2D eigenvalue weighted by Crippen LogP contribution is -2.44. The van der Waals surface area contributed by atoms with Crippen molar-refractivity contribution in [2.75, 3.05) is 42.9 Å². The first-order chi connectivity index (χ1) is 13.2. The Labute approximate surface area is 163 Å². The number of halogens is 6. The van der Waals surface area contributed by atoms with Crippen molar-refractivity contribution in [3.8, 4) is 0 Å². The minimum Gasteiger partial charge on any atom is -0.475 e. The van der Waals surface area contributed by atoms with Crippen LogP contribution in [0.4, 0.5) is 37.8 Å². The van der Waals surface area contributed by atoms with E-state index in [1.54, 1.807) is 4.90 Å². The Hall–Kier alpha value is -2.28. The van der Waals surface area contributed by atoms with E-state index in [1.807, 2.05) is 13.8 Å². The van der Waals surface area contributed by atoms with Crippen molar-refractivity contribution in [2.24, 2.45) is 5.73 Å². The molecule has 1 aromatic heterocycles. The zero-order valence-corrected chi connectivity index (χ0v) is 15.8. The quantitative estimate of drug-likeness (QED) is 0.543. The molecule has 166 valence electrons. The van der Waals surface area contributed by atoms with Gasteiger partial charge in [-0.15, -0.1) is 0 Å². The maximum absolute atomic E-state index is 13.4. The Morgan fingerprint density at radius 1 is 1.24 bits per heavy atom. The lowest BCUT2D eigenvalue weighted by Gasteiger charge is -2.31. The molecular weight excluding hydrogens is 408 g/mol. The Balaban J connectivity index is 0.000000516. The summed E-state index contributed by atoms with van der Waals surface area (Å²) in [7, 11) is 0. The summed E-state index contributed by atoms with van der Waals surface area (Å²) in [5, 5.41) is 13.2. The summed E-state index contributed by atoms with van der Waals surface area (Å²) in [6, 6.07) is 1.11. The fraction of sp³-hybridized carbons (Fsp3) is 0.625. The van der Waals surface area contributed by atoms with E-state index < -0.39 is 29.4 Å². The number of alkyl halides is 6. The van der Waals surface area contributed by atoms with E-state index >= 15 is 0 Å². The maximum Gasteiger partial charge on any atom is 0.490 e. The van der Waals surface area contributed by atoms with Crippen LogP contribution in [-0.2, 0) is 11.0 Å². The molecule has 1 aliphatic rings. The van der Waals surface area contributed by atoms with Crippen LogP contribution in [0.2, 0.25) is 0 Å². The van der Waals surface area contributed by atoms with Crippen molar-refractivity contribution in [2.45, 2.75) is 31.7 Å². The van der Waals surface area contributed by atoms with Crippen LogP contribution in [0, 0.1) is 0 Å². The van der Waals surface area contributed by atoms with Gasteiger partial charge in [0, 0.05) is 38.3 Å². The number of aliphatic carboxylic acids is 1. The highest BCUT2D eigenvalue weighted by Crippen LogP contribution is 2.37. The van der Waals surface area contributed by atoms with Gasteiger partial charge in [-0.25, -0.2) is 9.78 Å². The average Bonchev–Trinajstić information content (AvgIpc) is 2.61. The first-order valence-corrected chi connectivity index (χ1v) is 8.48. The summed E-state index contributed by atoms with van der Waals surface area (Å²) in [4.78, 5) is 14.6. The second-order valence-electron chi connectivity index (χ2n) is 6.85. The molecule has 1 fully saturated rings. The molecule has 0 spiro atoms. The number of nitrogens with two attached hydrogens (primary N) is 1. The first kappa shape index (κ1) is 24.8. The monoisotopic (exact) mass is 431 g/mol. The molecule has 13 heteroatoms. The highest BCUT2D eigenvalue weighted by molar-refractivity contribution is 5.73. The van der Waals surface area contributed by atoms with Crippen molar-refractivity contribution in [3.05, 3.63) is 17.8 Å². The van der Waals surface area contributed by atoms with Crippen LogP contribution in [0.1, 0.15) is 19.4 Å². The van der Waals surface area contributed by atoms with Gasteiger partial charge in [0.1, 0.15) is 11.4 Å². The summed E-state index contributed by atoms with van der Waals surface area (Å²) in [5.41, 5.74) is 4.71. The number of pyridine rings is 1. The van der Waals surface area contributed by atoms with E-state index in [2.05, 4.69) is 15.6 Å². The Morgan fingerprint density at radius 2 is 1.76 bits per heavy atom. The molecule has 1 aliphatic heterocycles. The fourth-order valence-electron chi connectivity index (χ4n) is 2.30. The molecular formula is C16H23F6N5O2. The SMILES string of the molecule is CC(C)(CN)Nc1cnc(N2CCNCC2)c(C(F)(F)F)c1.O=C(O)C(F)(F)F. The van der Waals surface area contributed by atoms with Gasteiger partial charge in [0.25, 0.3) is 0 Å². The van der Waals surface area contributed by atoms with Crippen LogP contribution in [-0.4, -0.2) is 60.5 Å². The van der Waals surface area contributed by atoms with Gasteiger partial charge in [-0.3, -0.25) is 0 Å². The summed E-state index contributed by atoms with van der Waals surface area (Å²) in [5.74, 6) is -2.77. The number of hydrogen-bond donors (Lipinski definition) is 4. The number of carbonyl (C=O) groups is 1. The molecule has 0 aromatic carbocycles. The van der Waals surface area contributed by atoms with Gasteiger partial charge in [0.2, 0.25) is 0 Å². The molecule has 1 aromatic rings. The minimum absolute atomic E-state index is 0.00916. The Bertz CT molecular complexity index is 687. The van der Waals surface area contributed by atoms with E-state index in [1.165, 1.54) is 6.20 Å². The smallest absolute Gasteiger partial charge is 0.475 e. The van der Waals surface area contributed by atoms with Gasteiger partial charge >= 0.3 is 18.3 Å². The van der Waals surface area contributed by atoms with E-state index in [-0.39, 0.29) is 5.82 Å². The molecule has 0 radical (unpaired) electrons. The molecule has 5 N–H and O–H groups in total. The number of hydrogen-bond acceptors (Lipinski definition) is 6. The van der Waals surface area contributed by atoms with Crippen LogP contribution in [0.15, 0.2) is 12.3 Å². The molecule has 0 bridgehead atoms. The van der Waals surface area contributed by atoms with Crippen LogP contribution in [0.25, 0.3) is 0 Å². The fourth-order valence-corrected chi connectivity index (χ4v) is 2.30. The normalized spacial score (nSPS) is 15.4. The van der Waals surface area contributed by atoms with E-state index in [0.29, 0.717) is 38.4 Å². The van der Waals surface area contributed by atoms with Crippen LogP contribution < -0.4 is 21.3 Å². The number of anilines is 2. The molecule has 2 rings (SSSR count). The van der Waals surface area contributed by atoms with E-state index in [9.17, 15) is 26.3 Å². The molecule has 0 unspecified atom stereocenters. The van der Waals surface area contributed by atoms with Gasteiger partial charge in [-0.05, 0) is 19.9 Å². The van der Waals surface area contributed by atoms with E-state index in [4.69, 9.17) is 15.6 Å². The van der Waals surface area contributed by atoms with Crippen molar-refractivity contribution in [3.63, 3.8) is 0 Å². The standard InChI is InChI=1S/C14H22F3N5.C2HF3O2/c1-13(2,9-18)21-10-7-11(14(15,16)17)12(20-8-10)22-5-3-19-4-6-22;3-2(4,5)1(6)7/h7-8,19,21H,3-6,9,18H2,1-2H3;(H,6,7). The lowest BCUT2D eigenvalue weighted by molar-refractivity contribution is -0.192. The predicted octanol–water partition coefficient (Wildman–Crippen LogP) is 2.29. The van der Waals surface area contributed by atoms with Crippen LogP contribution in [0.5, 0.6) is 0 Å². The Morgan fingerprint density at radius 3 is 2.17 bits per heavy atom. The number of carboxylic acids is 1.